The minimum atomic E-state index is 0.332. The fourth-order valence-electron chi connectivity index (χ4n) is 1.97. The number of methoxy groups -OCH3 is 1. The van der Waals surface area contributed by atoms with Crippen LogP contribution in [0.1, 0.15) is 41.8 Å². The van der Waals surface area contributed by atoms with Crippen molar-refractivity contribution in [3.05, 3.63) is 27.2 Å². The maximum atomic E-state index is 5.58. The summed E-state index contributed by atoms with van der Waals surface area (Å²) in [5.74, 6) is 1.59. The van der Waals surface area contributed by atoms with Crippen LogP contribution in [0, 0.1) is 19.8 Å². The molecule has 0 radical (unpaired) electrons. The fourth-order valence-corrected chi connectivity index (χ4v) is 3.45. The molecule has 0 bridgehead atoms. The van der Waals surface area contributed by atoms with Crippen LogP contribution in [0.25, 0.3) is 0 Å². The molecule has 2 atom stereocenters. The minimum absolute atomic E-state index is 0.332. The molecule has 0 amide bonds. The quantitative estimate of drug-likeness (QED) is 0.636. The van der Waals surface area contributed by atoms with Gasteiger partial charge in [-0.3, -0.25) is 0 Å². The molecule has 3 heteroatoms. The van der Waals surface area contributed by atoms with E-state index in [9.17, 15) is 0 Å². The Morgan fingerprint density at radius 3 is 2.41 bits per heavy atom. The maximum absolute atomic E-state index is 5.58. The fraction of sp³-hybridized carbons (Fsp3) is 0.571. The highest BCUT2D eigenvalue weighted by atomic mass is 79.9. The molecule has 96 valence electrons. The van der Waals surface area contributed by atoms with Crippen molar-refractivity contribution in [1.29, 1.82) is 0 Å². The lowest BCUT2D eigenvalue weighted by Gasteiger charge is -2.23. The zero-order valence-electron chi connectivity index (χ0n) is 11.1. The first-order valence-electron chi connectivity index (χ1n) is 5.91. The second kappa shape index (κ2) is 6.24. The van der Waals surface area contributed by atoms with E-state index in [0.717, 1.165) is 16.6 Å². The van der Waals surface area contributed by atoms with Gasteiger partial charge in [0.05, 0.1) is 7.11 Å². The molecule has 0 spiro atoms. The Kier molecular flexibility index (Phi) is 5.52. The van der Waals surface area contributed by atoms with Crippen LogP contribution < -0.4 is 4.74 Å². The first kappa shape index (κ1) is 15.0. The third-order valence-corrected chi connectivity index (χ3v) is 5.52. The minimum Gasteiger partial charge on any atom is -0.496 e. The zero-order chi connectivity index (χ0) is 13.2. The summed E-state index contributed by atoms with van der Waals surface area (Å²) >= 11 is 7.44. The molecule has 1 rings (SSSR count). The third kappa shape index (κ3) is 3.05. The lowest BCUT2D eigenvalue weighted by Crippen LogP contribution is -2.07. The molecule has 0 aromatic heterocycles. The van der Waals surface area contributed by atoms with E-state index in [-0.39, 0.29) is 0 Å². The largest absolute Gasteiger partial charge is 0.496 e. The SMILES string of the molecule is CCC(C)C(Br)c1c(C)c(Br)cc(C)c1OC. The molecular formula is C14H20Br2O. The van der Waals surface area contributed by atoms with Crippen LogP contribution in [-0.2, 0) is 0 Å². The van der Waals surface area contributed by atoms with E-state index in [1.165, 1.54) is 16.7 Å². The van der Waals surface area contributed by atoms with Gasteiger partial charge in [0, 0.05) is 14.9 Å². The van der Waals surface area contributed by atoms with Gasteiger partial charge in [-0.15, -0.1) is 0 Å². The molecular weight excluding hydrogens is 344 g/mol. The van der Waals surface area contributed by atoms with Gasteiger partial charge in [0.25, 0.3) is 0 Å². The van der Waals surface area contributed by atoms with E-state index >= 15 is 0 Å². The summed E-state index contributed by atoms with van der Waals surface area (Å²) in [7, 11) is 1.75. The lowest BCUT2D eigenvalue weighted by atomic mass is 9.93. The van der Waals surface area contributed by atoms with Crippen LogP contribution in [0.3, 0.4) is 0 Å². The Labute approximate surface area is 121 Å². The van der Waals surface area contributed by atoms with E-state index in [1.807, 2.05) is 0 Å². The molecule has 0 aliphatic carbocycles. The number of rotatable bonds is 4. The zero-order valence-corrected chi connectivity index (χ0v) is 14.3. The number of halogens is 2. The van der Waals surface area contributed by atoms with Crippen molar-refractivity contribution in [2.45, 2.75) is 38.9 Å². The van der Waals surface area contributed by atoms with Crippen molar-refractivity contribution >= 4 is 31.9 Å². The van der Waals surface area contributed by atoms with Crippen molar-refractivity contribution in [2.75, 3.05) is 7.11 Å². The van der Waals surface area contributed by atoms with Gasteiger partial charge in [-0.05, 0) is 37.0 Å². The Morgan fingerprint density at radius 2 is 1.94 bits per heavy atom. The number of benzene rings is 1. The predicted molar refractivity (Wildman–Crippen MR) is 81.3 cm³/mol. The van der Waals surface area contributed by atoms with Gasteiger partial charge in [-0.1, -0.05) is 52.1 Å². The monoisotopic (exact) mass is 362 g/mol. The summed E-state index contributed by atoms with van der Waals surface area (Å²) in [4.78, 5) is 0.332. The Balaban J connectivity index is 3.38. The van der Waals surface area contributed by atoms with Crippen LogP contribution in [-0.4, -0.2) is 7.11 Å². The van der Waals surface area contributed by atoms with E-state index in [2.05, 4.69) is 65.6 Å². The summed E-state index contributed by atoms with van der Waals surface area (Å²) in [5.41, 5.74) is 3.70. The predicted octanol–water partition coefficient (Wildman–Crippen LogP) is 5.56. The number of hydrogen-bond donors (Lipinski definition) is 0. The molecule has 2 unspecified atom stereocenters. The van der Waals surface area contributed by atoms with Gasteiger partial charge in [0.2, 0.25) is 0 Å². The van der Waals surface area contributed by atoms with E-state index in [0.29, 0.717) is 10.7 Å². The normalized spacial score (nSPS) is 14.5. The standard InChI is InChI=1S/C14H20Br2O/c1-6-8(2)13(16)12-10(4)11(15)7-9(3)14(12)17-5/h7-8,13H,6H2,1-5H3. The van der Waals surface area contributed by atoms with Crippen LogP contribution in [0.2, 0.25) is 0 Å². The lowest BCUT2D eigenvalue weighted by molar-refractivity contribution is 0.400. The number of alkyl halides is 1. The number of aryl methyl sites for hydroxylation is 1. The van der Waals surface area contributed by atoms with Gasteiger partial charge in [0.1, 0.15) is 5.75 Å². The molecule has 0 N–H and O–H groups in total. The van der Waals surface area contributed by atoms with Crippen LogP contribution in [0.15, 0.2) is 10.5 Å². The molecule has 0 saturated heterocycles. The molecule has 1 aromatic carbocycles. The third-order valence-electron chi connectivity index (χ3n) is 3.33. The molecule has 1 nitrogen and oxygen atoms in total. The summed E-state index contributed by atoms with van der Waals surface area (Å²) in [5, 5.41) is 0. The summed E-state index contributed by atoms with van der Waals surface area (Å²) < 4.78 is 6.73. The Bertz CT molecular complexity index is 402. The van der Waals surface area contributed by atoms with Crippen molar-refractivity contribution in [3.63, 3.8) is 0 Å². The molecule has 0 heterocycles. The van der Waals surface area contributed by atoms with Gasteiger partial charge in [-0.25, -0.2) is 0 Å². The van der Waals surface area contributed by atoms with Crippen molar-refractivity contribution in [2.24, 2.45) is 5.92 Å². The van der Waals surface area contributed by atoms with Crippen molar-refractivity contribution in [1.82, 2.24) is 0 Å². The highest BCUT2D eigenvalue weighted by molar-refractivity contribution is 9.10. The molecule has 0 aliphatic heterocycles. The van der Waals surface area contributed by atoms with Crippen molar-refractivity contribution in [3.8, 4) is 5.75 Å². The van der Waals surface area contributed by atoms with E-state index < -0.39 is 0 Å². The average Bonchev–Trinajstić information content (AvgIpc) is 2.31. The highest BCUT2D eigenvalue weighted by Crippen LogP contribution is 2.43. The molecule has 0 aliphatic rings. The molecule has 17 heavy (non-hydrogen) atoms. The van der Waals surface area contributed by atoms with Gasteiger partial charge >= 0.3 is 0 Å². The van der Waals surface area contributed by atoms with Gasteiger partial charge in [0.15, 0.2) is 0 Å². The summed E-state index contributed by atoms with van der Waals surface area (Å²) in [6.45, 7) is 8.70. The maximum Gasteiger partial charge on any atom is 0.126 e. The Hall–Kier alpha value is -0.0200. The smallest absolute Gasteiger partial charge is 0.126 e. The van der Waals surface area contributed by atoms with E-state index in [1.54, 1.807) is 7.11 Å². The van der Waals surface area contributed by atoms with Crippen LogP contribution in [0.5, 0.6) is 5.75 Å². The van der Waals surface area contributed by atoms with Crippen molar-refractivity contribution < 1.29 is 4.74 Å². The average molecular weight is 364 g/mol. The van der Waals surface area contributed by atoms with Gasteiger partial charge in [-0.2, -0.15) is 0 Å². The first-order chi connectivity index (χ1) is 7.93. The Morgan fingerprint density at radius 1 is 1.35 bits per heavy atom. The summed E-state index contributed by atoms with van der Waals surface area (Å²) in [6, 6.07) is 2.12. The second-order valence-corrected chi connectivity index (χ2v) is 6.38. The van der Waals surface area contributed by atoms with E-state index in [4.69, 9.17) is 4.74 Å². The molecule has 0 fully saturated rings. The second-order valence-electron chi connectivity index (χ2n) is 4.53. The topological polar surface area (TPSA) is 9.23 Å². The number of hydrogen-bond acceptors (Lipinski definition) is 1. The van der Waals surface area contributed by atoms with Crippen LogP contribution >= 0.6 is 31.9 Å². The summed E-state index contributed by atoms with van der Waals surface area (Å²) in [6.07, 6.45) is 1.14. The highest BCUT2D eigenvalue weighted by Gasteiger charge is 2.23. The van der Waals surface area contributed by atoms with Gasteiger partial charge < -0.3 is 4.74 Å². The first-order valence-corrected chi connectivity index (χ1v) is 7.62. The van der Waals surface area contributed by atoms with Crippen LogP contribution in [0.4, 0.5) is 0 Å². The molecule has 1 aromatic rings. The number of ether oxygens (including phenoxy) is 1. The molecule has 0 saturated carbocycles.